The number of aromatic nitrogens is 2. The van der Waals surface area contributed by atoms with E-state index in [9.17, 15) is 4.39 Å². The molecule has 2 heterocycles. The number of benzene rings is 1. The summed E-state index contributed by atoms with van der Waals surface area (Å²) in [5.41, 5.74) is 1.86. The zero-order chi connectivity index (χ0) is 19.9. The van der Waals surface area contributed by atoms with E-state index >= 15 is 0 Å². The van der Waals surface area contributed by atoms with Gasteiger partial charge in [-0.2, -0.15) is 0 Å². The van der Waals surface area contributed by atoms with E-state index in [0.29, 0.717) is 30.7 Å². The summed E-state index contributed by atoms with van der Waals surface area (Å²) < 4.78 is 19.1. The van der Waals surface area contributed by atoms with E-state index in [2.05, 4.69) is 25.6 Å². The van der Waals surface area contributed by atoms with Gasteiger partial charge in [-0.3, -0.25) is 4.99 Å². The summed E-state index contributed by atoms with van der Waals surface area (Å²) in [5, 5.41) is 7.58. The number of nitrogens with one attached hydrogen (secondary N) is 2. The van der Waals surface area contributed by atoms with Gasteiger partial charge in [-0.15, -0.1) is 11.3 Å². The minimum Gasteiger partial charge on any atom is -0.439 e. The molecular weight excluding hydrogens is 377 g/mol. The predicted molar refractivity (Wildman–Crippen MR) is 109 cm³/mol. The van der Waals surface area contributed by atoms with Crippen molar-refractivity contribution in [2.75, 3.05) is 7.05 Å². The van der Waals surface area contributed by atoms with Crippen LogP contribution in [0.25, 0.3) is 0 Å². The van der Waals surface area contributed by atoms with Gasteiger partial charge in [0.1, 0.15) is 11.6 Å². The first-order valence-electron chi connectivity index (χ1n) is 8.80. The lowest BCUT2D eigenvalue weighted by Crippen LogP contribution is -2.36. The molecule has 0 bridgehead atoms. The van der Waals surface area contributed by atoms with E-state index in [1.807, 2.05) is 26.0 Å². The normalized spacial score (nSPS) is 11.4. The first kappa shape index (κ1) is 19.8. The second-order valence-electron chi connectivity index (χ2n) is 6.05. The van der Waals surface area contributed by atoms with Crippen LogP contribution in [0.4, 0.5) is 4.39 Å². The molecule has 146 valence electrons. The Morgan fingerprint density at radius 2 is 2.00 bits per heavy atom. The molecule has 3 rings (SSSR count). The summed E-state index contributed by atoms with van der Waals surface area (Å²) >= 11 is 1.67. The molecule has 28 heavy (non-hydrogen) atoms. The van der Waals surface area contributed by atoms with Crippen LogP contribution in [-0.4, -0.2) is 23.0 Å². The van der Waals surface area contributed by atoms with Crippen molar-refractivity contribution in [3.63, 3.8) is 0 Å². The van der Waals surface area contributed by atoms with Crippen LogP contribution in [0, 0.1) is 19.7 Å². The molecule has 0 atom stereocenters. The Morgan fingerprint density at radius 1 is 1.18 bits per heavy atom. The topological polar surface area (TPSA) is 71.4 Å². The van der Waals surface area contributed by atoms with Gasteiger partial charge in [-0.1, -0.05) is 12.1 Å². The molecule has 1 aromatic carbocycles. The summed E-state index contributed by atoms with van der Waals surface area (Å²) in [5.74, 6) is 1.13. The molecule has 0 aliphatic rings. The van der Waals surface area contributed by atoms with Gasteiger partial charge in [0.25, 0.3) is 0 Å². The Labute approximate surface area is 167 Å². The van der Waals surface area contributed by atoms with Crippen molar-refractivity contribution >= 4 is 17.3 Å². The first-order chi connectivity index (χ1) is 13.5. The fraction of sp³-hybridized carbons (Fsp3) is 0.250. The molecule has 6 nitrogen and oxygen atoms in total. The van der Waals surface area contributed by atoms with Gasteiger partial charge in [0.2, 0.25) is 5.88 Å². The minimum atomic E-state index is -0.355. The lowest BCUT2D eigenvalue weighted by molar-refractivity contribution is 0.450. The van der Waals surface area contributed by atoms with Crippen LogP contribution in [0.5, 0.6) is 11.6 Å². The quantitative estimate of drug-likeness (QED) is 0.485. The fourth-order valence-electron chi connectivity index (χ4n) is 2.59. The number of pyridine rings is 1. The maximum Gasteiger partial charge on any atom is 0.224 e. The van der Waals surface area contributed by atoms with E-state index in [0.717, 1.165) is 16.3 Å². The molecule has 0 spiro atoms. The van der Waals surface area contributed by atoms with E-state index in [4.69, 9.17) is 4.74 Å². The zero-order valence-corrected chi connectivity index (χ0v) is 16.8. The van der Waals surface area contributed by atoms with Crippen molar-refractivity contribution in [3.05, 3.63) is 69.6 Å². The monoisotopic (exact) mass is 399 g/mol. The Morgan fingerprint density at radius 3 is 2.71 bits per heavy atom. The second-order valence-corrected chi connectivity index (χ2v) is 7.34. The van der Waals surface area contributed by atoms with Crippen LogP contribution >= 0.6 is 11.3 Å². The van der Waals surface area contributed by atoms with Crippen LogP contribution in [0.2, 0.25) is 0 Å². The third kappa shape index (κ3) is 5.26. The number of ether oxygens (including phenoxy) is 1. The van der Waals surface area contributed by atoms with Crippen LogP contribution < -0.4 is 15.4 Å². The fourth-order valence-corrected chi connectivity index (χ4v) is 3.47. The second kappa shape index (κ2) is 9.27. The average molecular weight is 399 g/mol. The van der Waals surface area contributed by atoms with Crippen molar-refractivity contribution in [1.29, 1.82) is 0 Å². The number of hydrogen-bond donors (Lipinski definition) is 2. The van der Waals surface area contributed by atoms with Crippen molar-refractivity contribution in [3.8, 4) is 11.6 Å². The molecule has 0 fully saturated rings. The summed E-state index contributed by atoms with van der Waals surface area (Å²) in [4.78, 5) is 14.1. The molecule has 8 heteroatoms. The van der Waals surface area contributed by atoms with Gasteiger partial charge in [0, 0.05) is 36.3 Å². The molecule has 3 aromatic rings. The van der Waals surface area contributed by atoms with Gasteiger partial charge in [-0.25, -0.2) is 14.4 Å². The molecule has 0 unspecified atom stereocenters. The maximum atomic E-state index is 13.4. The van der Waals surface area contributed by atoms with E-state index in [-0.39, 0.29) is 5.82 Å². The van der Waals surface area contributed by atoms with E-state index < -0.39 is 0 Å². The van der Waals surface area contributed by atoms with Crippen LogP contribution in [-0.2, 0) is 13.1 Å². The number of halogens is 1. The number of aliphatic imine (C=N–C) groups is 1. The van der Waals surface area contributed by atoms with Gasteiger partial charge >= 0.3 is 0 Å². The van der Waals surface area contributed by atoms with Crippen molar-refractivity contribution in [2.24, 2.45) is 4.99 Å². The molecule has 0 amide bonds. The lowest BCUT2D eigenvalue weighted by Gasteiger charge is -2.14. The Kier molecular flexibility index (Phi) is 6.54. The Hall–Kier alpha value is -3.00. The van der Waals surface area contributed by atoms with Gasteiger partial charge in [0.15, 0.2) is 5.96 Å². The summed E-state index contributed by atoms with van der Waals surface area (Å²) in [6.07, 6.45) is 1.64. The van der Waals surface area contributed by atoms with Gasteiger partial charge < -0.3 is 15.4 Å². The maximum absolute atomic E-state index is 13.4. The molecular formula is C20H22FN5OS. The Balaban J connectivity index is 1.62. The number of rotatable bonds is 6. The number of aryl methyl sites for hydroxylation is 2. The minimum absolute atomic E-state index is 0.355. The van der Waals surface area contributed by atoms with Crippen molar-refractivity contribution in [2.45, 2.75) is 26.9 Å². The molecule has 0 aliphatic carbocycles. The number of hydrogen-bond acceptors (Lipinski definition) is 5. The highest BCUT2D eigenvalue weighted by Crippen LogP contribution is 2.23. The molecule has 2 aromatic heterocycles. The molecule has 0 aliphatic heterocycles. The van der Waals surface area contributed by atoms with Crippen molar-refractivity contribution < 1.29 is 9.13 Å². The smallest absolute Gasteiger partial charge is 0.224 e. The summed E-state index contributed by atoms with van der Waals surface area (Å²) in [6.45, 7) is 5.11. The van der Waals surface area contributed by atoms with Gasteiger partial charge in [0.05, 0.1) is 17.2 Å². The highest BCUT2D eigenvalue weighted by Gasteiger charge is 2.09. The van der Waals surface area contributed by atoms with Crippen LogP contribution in [0.1, 0.15) is 21.1 Å². The average Bonchev–Trinajstić information content (AvgIpc) is 3.00. The predicted octanol–water partition coefficient (Wildman–Crippen LogP) is 3.95. The van der Waals surface area contributed by atoms with Gasteiger partial charge in [-0.05, 0) is 32.0 Å². The Bertz CT molecular complexity index is 973. The van der Waals surface area contributed by atoms with Crippen molar-refractivity contribution in [1.82, 2.24) is 20.6 Å². The molecule has 0 saturated heterocycles. The first-order valence-corrected chi connectivity index (χ1v) is 9.61. The summed E-state index contributed by atoms with van der Waals surface area (Å²) in [7, 11) is 1.72. The lowest BCUT2D eigenvalue weighted by atomic mass is 10.2. The number of guanidine groups is 1. The SMILES string of the molecule is CN=C(NCc1cccnc1Oc1cccc(F)c1)NCc1sc(C)nc1C. The summed E-state index contributed by atoms with van der Waals surface area (Å²) in [6, 6.07) is 9.71. The van der Waals surface area contributed by atoms with Crippen LogP contribution in [0.15, 0.2) is 47.6 Å². The molecule has 0 radical (unpaired) electrons. The number of thiazole rings is 1. The highest BCUT2D eigenvalue weighted by molar-refractivity contribution is 7.11. The van der Waals surface area contributed by atoms with E-state index in [1.54, 1.807) is 36.7 Å². The van der Waals surface area contributed by atoms with Crippen LogP contribution in [0.3, 0.4) is 0 Å². The highest BCUT2D eigenvalue weighted by atomic mass is 32.1. The standard InChI is InChI=1S/C20H22FN5OS/c1-13-18(28-14(2)26-13)12-25-20(22-3)24-11-15-6-5-9-23-19(15)27-17-8-4-7-16(21)10-17/h4-10H,11-12H2,1-3H3,(H2,22,24,25). The third-order valence-electron chi connectivity index (χ3n) is 3.95. The molecule has 0 saturated carbocycles. The number of nitrogens with zero attached hydrogens (tertiary/aromatic N) is 3. The van der Waals surface area contributed by atoms with E-state index in [1.165, 1.54) is 17.0 Å². The zero-order valence-electron chi connectivity index (χ0n) is 16.0. The molecule has 2 N–H and O–H groups in total. The third-order valence-corrected chi connectivity index (χ3v) is 5.02. The largest absolute Gasteiger partial charge is 0.439 e.